The van der Waals surface area contributed by atoms with Crippen molar-refractivity contribution >= 4 is 12.1 Å². The Hall–Kier alpha value is -1.26. The molecule has 0 aromatic carbocycles. The summed E-state index contributed by atoms with van der Waals surface area (Å²) in [5.41, 5.74) is 0. The molecular formula is C12H19NO4. The fourth-order valence-electron chi connectivity index (χ4n) is 2.70. The van der Waals surface area contributed by atoms with Gasteiger partial charge in [-0.25, -0.2) is 4.79 Å². The second-order valence-corrected chi connectivity index (χ2v) is 4.82. The molecule has 1 aliphatic carbocycles. The van der Waals surface area contributed by atoms with Crippen molar-refractivity contribution in [2.75, 3.05) is 6.61 Å². The number of hydrogen-bond acceptors (Lipinski definition) is 4. The van der Waals surface area contributed by atoms with Crippen molar-refractivity contribution in [1.82, 2.24) is 5.32 Å². The third kappa shape index (κ3) is 3.11. The van der Waals surface area contributed by atoms with Gasteiger partial charge in [0.2, 0.25) is 0 Å². The van der Waals surface area contributed by atoms with Crippen LogP contribution in [-0.4, -0.2) is 30.8 Å². The summed E-state index contributed by atoms with van der Waals surface area (Å²) >= 11 is 0. The normalized spacial score (nSPS) is 29.6. The van der Waals surface area contributed by atoms with E-state index < -0.39 is 6.09 Å². The van der Waals surface area contributed by atoms with Gasteiger partial charge in [-0.1, -0.05) is 19.3 Å². The van der Waals surface area contributed by atoms with E-state index in [9.17, 15) is 9.59 Å². The van der Waals surface area contributed by atoms with E-state index in [1.165, 1.54) is 26.2 Å². The molecule has 1 aliphatic heterocycles. The van der Waals surface area contributed by atoms with Gasteiger partial charge in [-0.3, -0.25) is 4.79 Å². The third-order valence-electron chi connectivity index (χ3n) is 3.52. The Kier molecular flexibility index (Phi) is 3.86. The molecule has 0 aromatic rings. The first-order valence-electron chi connectivity index (χ1n) is 6.27. The molecule has 5 heteroatoms. The Morgan fingerprint density at radius 3 is 2.76 bits per heavy atom. The molecule has 2 rings (SSSR count). The van der Waals surface area contributed by atoms with Gasteiger partial charge in [0.05, 0.1) is 0 Å². The molecule has 17 heavy (non-hydrogen) atoms. The summed E-state index contributed by atoms with van der Waals surface area (Å²) in [6.07, 6.45) is 5.31. The quantitative estimate of drug-likeness (QED) is 0.762. The lowest BCUT2D eigenvalue weighted by Crippen LogP contribution is -2.41. The zero-order valence-electron chi connectivity index (χ0n) is 10.1. The van der Waals surface area contributed by atoms with Crippen molar-refractivity contribution in [2.24, 2.45) is 5.92 Å². The molecule has 0 radical (unpaired) electrons. The number of amides is 1. The Morgan fingerprint density at radius 1 is 1.41 bits per heavy atom. The number of carbonyl (C=O) groups is 2. The Labute approximate surface area is 101 Å². The Balaban J connectivity index is 1.92. The van der Waals surface area contributed by atoms with E-state index >= 15 is 0 Å². The van der Waals surface area contributed by atoms with Gasteiger partial charge in [0, 0.05) is 6.92 Å². The molecule has 1 amide bonds. The smallest absolute Gasteiger partial charge is 0.407 e. The van der Waals surface area contributed by atoms with E-state index in [0.29, 0.717) is 5.92 Å². The number of nitrogens with one attached hydrogen (secondary N) is 1. The first-order chi connectivity index (χ1) is 8.16. The van der Waals surface area contributed by atoms with Crippen LogP contribution in [0.5, 0.6) is 0 Å². The molecule has 1 heterocycles. The molecule has 2 fully saturated rings. The predicted molar refractivity (Wildman–Crippen MR) is 60.4 cm³/mol. The molecule has 0 unspecified atom stereocenters. The molecule has 2 atom stereocenters. The number of cyclic esters (lactones) is 1. The lowest BCUT2D eigenvalue weighted by Gasteiger charge is -2.28. The maximum absolute atomic E-state index is 11.3. The van der Waals surface area contributed by atoms with Crippen LogP contribution in [0.4, 0.5) is 4.79 Å². The highest BCUT2D eigenvalue weighted by atomic mass is 16.6. The molecule has 0 bridgehead atoms. The van der Waals surface area contributed by atoms with Crippen molar-refractivity contribution in [2.45, 2.75) is 51.2 Å². The number of ether oxygens (including phenoxy) is 2. The lowest BCUT2D eigenvalue weighted by molar-refractivity contribution is -0.142. The number of hydrogen-bond donors (Lipinski definition) is 1. The van der Waals surface area contributed by atoms with Gasteiger partial charge in [-0.15, -0.1) is 0 Å². The molecule has 5 nitrogen and oxygen atoms in total. The zero-order chi connectivity index (χ0) is 12.3. The van der Waals surface area contributed by atoms with Gasteiger partial charge >= 0.3 is 12.1 Å². The Bertz CT molecular complexity index is 299. The van der Waals surface area contributed by atoms with E-state index in [-0.39, 0.29) is 24.7 Å². The summed E-state index contributed by atoms with van der Waals surface area (Å²) in [6.45, 7) is 1.58. The maximum Gasteiger partial charge on any atom is 0.407 e. The topological polar surface area (TPSA) is 64.6 Å². The van der Waals surface area contributed by atoms with Crippen LogP contribution in [0.1, 0.15) is 39.0 Å². The molecule has 1 saturated carbocycles. The van der Waals surface area contributed by atoms with E-state index in [0.717, 1.165) is 12.8 Å². The van der Waals surface area contributed by atoms with Crippen LogP contribution >= 0.6 is 0 Å². The number of rotatable bonds is 3. The van der Waals surface area contributed by atoms with Crippen LogP contribution in [0.15, 0.2) is 0 Å². The minimum Gasteiger partial charge on any atom is -0.464 e. The fourth-order valence-corrected chi connectivity index (χ4v) is 2.70. The van der Waals surface area contributed by atoms with Gasteiger partial charge in [-0.05, 0) is 18.8 Å². The minimum absolute atomic E-state index is 0.137. The van der Waals surface area contributed by atoms with Gasteiger partial charge in [0.15, 0.2) is 0 Å². The number of alkyl carbamates (subject to hydrolysis) is 1. The van der Waals surface area contributed by atoms with Crippen molar-refractivity contribution in [3.8, 4) is 0 Å². The van der Waals surface area contributed by atoms with Crippen molar-refractivity contribution in [3.63, 3.8) is 0 Å². The van der Waals surface area contributed by atoms with Gasteiger partial charge < -0.3 is 14.8 Å². The number of esters is 1. The third-order valence-corrected chi connectivity index (χ3v) is 3.52. The average molecular weight is 241 g/mol. The summed E-state index contributed by atoms with van der Waals surface area (Å²) in [4.78, 5) is 22.1. The first-order valence-corrected chi connectivity index (χ1v) is 6.27. The van der Waals surface area contributed by atoms with Crippen LogP contribution in [0.25, 0.3) is 0 Å². The predicted octanol–water partition coefficient (Wildman–Crippen LogP) is 1.61. The van der Waals surface area contributed by atoms with Gasteiger partial charge in [0.1, 0.15) is 18.8 Å². The summed E-state index contributed by atoms with van der Waals surface area (Å²) in [6, 6.07) is -0.186. The molecule has 0 aromatic heterocycles. The first kappa shape index (κ1) is 12.2. The highest BCUT2D eigenvalue weighted by Gasteiger charge is 2.40. The molecule has 1 N–H and O–H groups in total. The largest absolute Gasteiger partial charge is 0.464 e. The highest BCUT2D eigenvalue weighted by molar-refractivity contribution is 5.70. The standard InChI is InChI=1S/C12H19NO4/c1-8(14)16-7-10-11(17-12(15)13-10)9-5-3-2-4-6-9/h9-11H,2-7H2,1H3,(H,13,15)/t10-,11-/m0/s1. The fraction of sp³-hybridized carbons (Fsp3) is 0.833. The van der Waals surface area contributed by atoms with Crippen molar-refractivity contribution in [3.05, 3.63) is 0 Å². The van der Waals surface area contributed by atoms with Crippen molar-refractivity contribution in [1.29, 1.82) is 0 Å². The van der Waals surface area contributed by atoms with Crippen molar-refractivity contribution < 1.29 is 19.1 Å². The summed E-state index contributed by atoms with van der Waals surface area (Å²) in [7, 11) is 0. The van der Waals surface area contributed by atoms with E-state index in [2.05, 4.69) is 5.32 Å². The van der Waals surface area contributed by atoms with Crippen LogP contribution in [-0.2, 0) is 14.3 Å². The average Bonchev–Trinajstić information content (AvgIpc) is 2.69. The highest BCUT2D eigenvalue weighted by Crippen LogP contribution is 2.31. The van der Waals surface area contributed by atoms with Crippen LogP contribution in [0.2, 0.25) is 0 Å². The van der Waals surface area contributed by atoms with Crippen LogP contribution in [0.3, 0.4) is 0 Å². The van der Waals surface area contributed by atoms with Crippen LogP contribution < -0.4 is 5.32 Å². The van der Waals surface area contributed by atoms with Crippen LogP contribution in [0, 0.1) is 5.92 Å². The number of carbonyl (C=O) groups excluding carboxylic acids is 2. The lowest BCUT2D eigenvalue weighted by atomic mass is 9.83. The zero-order valence-corrected chi connectivity index (χ0v) is 10.1. The van der Waals surface area contributed by atoms with E-state index in [1.807, 2.05) is 0 Å². The Morgan fingerprint density at radius 2 is 2.12 bits per heavy atom. The molecule has 2 aliphatic rings. The van der Waals surface area contributed by atoms with E-state index in [1.54, 1.807) is 0 Å². The van der Waals surface area contributed by atoms with E-state index in [4.69, 9.17) is 9.47 Å². The molecular weight excluding hydrogens is 222 g/mol. The second kappa shape index (κ2) is 5.38. The minimum atomic E-state index is -0.391. The summed E-state index contributed by atoms with van der Waals surface area (Å²) in [5, 5.41) is 2.72. The monoisotopic (exact) mass is 241 g/mol. The molecule has 96 valence electrons. The molecule has 0 spiro atoms. The SMILES string of the molecule is CC(=O)OC[C@@H]1NC(=O)O[C@H]1C1CCCCC1. The summed E-state index contributed by atoms with van der Waals surface area (Å²) in [5.74, 6) is 0.0804. The second-order valence-electron chi connectivity index (χ2n) is 4.82. The van der Waals surface area contributed by atoms with Gasteiger partial charge in [-0.2, -0.15) is 0 Å². The summed E-state index contributed by atoms with van der Waals surface area (Å²) < 4.78 is 10.3. The molecule has 1 saturated heterocycles. The maximum atomic E-state index is 11.3. The van der Waals surface area contributed by atoms with Gasteiger partial charge in [0.25, 0.3) is 0 Å².